The summed E-state index contributed by atoms with van der Waals surface area (Å²) < 4.78 is 1.79. The molecule has 1 atom stereocenters. The standard InChI is InChI=1S/C16H21ClN2O/c1-10(2)19-16(14(17)9-18-19)15(20)8-13-6-5-11(3)12(4)7-13/h5-7,9-10,15,20H,8H2,1-4H3. The van der Waals surface area contributed by atoms with E-state index in [1.165, 1.54) is 11.1 Å². The number of rotatable bonds is 4. The Morgan fingerprint density at radius 1 is 1.25 bits per heavy atom. The SMILES string of the molecule is Cc1ccc(CC(O)c2c(Cl)cnn2C(C)C)cc1C. The fourth-order valence-corrected chi connectivity index (χ4v) is 2.58. The molecule has 0 radical (unpaired) electrons. The molecule has 0 amide bonds. The maximum atomic E-state index is 10.5. The van der Waals surface area contributed by atoms with Gasteiger partial charge in [-0.1, -0.05) is 29.8 Å². The van der Waals surface area contributed by atoms with Gasteiger partial charge in [-0.05, 0) is 44.4 Å². The molecule has 4 heteroatoms. The van der Waals surface area contributed by atoms with Crippen molar-refractivity contribution in [2.24, 2.45) is 0 Å². The van der Waals surface area contributed by atoms with Crippen LogP contribution in [0.3, 0.4) is 0 Å². The predicted molar refractivity (Wildman–Crippen MR) is 82.2 cm³/mol. The number of aryl methyl sites for hydroxylation is 2. The molecular formula is C16H21ClN2O. The first-order valence-electron chi connectivity index (χ1n) is 6.87. The lowest BCUT2D eigenvalue weighted by atomic mass is 10.0. The predicted octanol–water partition coefficient (Wildman–Crippen LogP) is 4.01. The first-order chi connectivity index (χ1) is 9.40. The molecule has 1 aromatic heterocycles. The van der Waals surface area contributed by atoms with Gasteiger partial charge in [0.2, 0.25) is 0 Å². The Bertz CT molecular complexity index is 605. The van der Waals surface area contributed by atoms with E-state index in [0.29, 0.717) is 17.1 Å². The number of aromatic nitrogens is 2. The van der Waals surface area contributed by atoms with Crippen LogP contribution in [-0.2, 0) is 6.42 Å². The molecule has 2 rings (SSSR count). The molecule has 0 aliphatic carbocycles. The molecule has 0 spiro atoms. The molecule has 2 aromatic rings. The molecular weight excluding hydrogens is 272 g/mol. The van der Waals surface area contributed by atoms with Gasteiger partial charge in [0.15, 0.2) is 0 Å². The van der Waals surface area contributed by atoms with Crippen molar-refractivity contribution >= 4 is 11.6 Å². The minimum atomic E-state index is -0.644. The molecule has 0 fully saturated rings. The van der Waals surface area contributed by atoms with Crippen LogP contribution in [0.1, 0.15) is 48.4 Å². The van der Waals surface area contributed by atoms with Crippen molar-refractivity contribution < 1.29 is 5.11 Å². The van der Waals surface area contributed by atoms with Gasteiger partial charge in [0.1, 0.15) is 6.10 Å². The van der Waals surface area contributed by atoms with Crippen LogP contribution in [0.5, 0.6) is 0 Å². The smallest absolute Gasteiger partial charge is 0.101 e. The molecule has 0 bridgehead atoms. The molecule has 108 valence electrons. The minimum absolute atomic E-state index is 0.173. The summed E-state index contributed by atoms with van der Waals surface area (Å²) in [7, 11) is 0. The Morgan fingerprint density at radius 3 is 2.55 bits per heavy atom. The summed E-state index contributed by atoms with van der Waals surface area (Å²) in [6.45, 7) is 8.21. The number of nitrogens with zero attached hydrogens (tertiary/aromatic N) is 2. The Hall–Kier alpha value is -1.32. The highest BCUT2D eigenvalue weighted by atomic mass is 35.5. The van der Waals surface area contributed by atoms with Crippen LogP contribution in [0.15, 0.2) is 24.4 Å². The van der Waals surface area contributed by atoms with Crippen molar-refractivity contribution in [3.8, 4) is 0 Å². The van der Waals surface area contributed by atoms with Crippen molar-refractivity contribution in [3.05, 3.63) is 51.8 Å². The Balaban J connectivity index is 2.25. The fourth-order valence-electron chi connectivity index (χ4n) is 2.32. The number of hydrogen-bond donors (Lipinski definition) is 1. The third kappa shape index (κ3) is 3.05. The summed E-state index contributed by atoms with van der Waals surface area (Å²) in [5.41, 5.74) is 4.29. The van der Waals surface area contributed by atoms with Gasteiger partial charge in [-0.3, -0.25) is 4.68 Å². The quantitative estimate of drug-likeness (QED) is 0.924. The van der Waals surface area contributed by atoms with Gasteiger partial charge in [-0.2, -0.15) is 5.10 Å². The van der Waals surface area contributed by atoms with E-state index in [2.05, 4.69) is 37.1 Å². The lowest BCUT2D eigenvalue weighted by molar-refractivity contribution is 0.165. The third-order valence-corrected chi connectivity index (χ3v) is 3.88. The average molecular weight is 293 g/mol. The largest absolute Gasteiger partial charge is 0.386 e. The van der Waals surface area contributed by atoms with Crippen LogP contribution in [0, 0.1) is 13.8 Å². The van der Waals surface area contributed by atoms with Crippen LogP contribution in [0.25, 0.3) is 0 Å². The lowest BCUT2D eigenvalue weighted by Crippen LogP contribution is -2.13. The number of hydrogen-bond acceptors (Lipinski definition) is 2. The monoisotopic (exact) mass is 292 g/mol. The van der Waals surface area contributed by atoms with Crippen molar-refractivity contribution in [1.82, 2.24) is 9.78 Å². The number of aliphatic hydroxyl groups is 1. The van der Waals surface area contributed by atoms with Crippen LogP contribution in [0.4, 0.5) is 0 Å². The number of benzene rings is 1. The highest BCUT2D eigenvalue weighted by Crippen LogP contribution is 2.28. The molecule has 0 aliphatic rings. The van der Waals surface area contributed by atoms with Crippen LogP contribution < -0.4 is 0 Å². The summed E-state index contributed by atoms with van der Waals surface area (Å²) in [5.74, 6) is 0. The van der Waals surface area contributed by atoms with Gasteiger partial charge in [-0.25, -0.2) is 0 Å². The van der Waals surface area contributed by atoms with Gasteiger partial charge < -0.3 is 5.11 Å². The fraction of sp³-hybridized carbons (Fsp3) is 0.438. The van der Waals surface area contributed by atoms with E-state index < -0.39 is 6.10 Å². The van der Waals surface area contributed by atoms with E-state index in [0.717, 1.165) is 5.56 Å². The van der Waals surface area contributed by atoms with Gasteiger partial charge in [-0.15, -0.1) is 0 Å². The number of halogens is 1. The second-order valence-corrected chi connectivity index (χ2v) is 5.96. The van der Waals surface area contributed by atoms with E-state index in [-0.39, 0.29) is 6.04 Å². The van der Waals surface area contributed by atoms with Crippen LogP contribution >= 0.6 is 11.6 Å². The lowest BCUT2D eigenvalue weighted by Gasteiger charge is -2.17. The first-order valence-corrected chi connectivity index (χ1v) is 7.25. The summed E-state index contributed by atoms with van der Waals surface area (Å²) in [5, 5.41) is 15.2. The zero-order chi connectivity index (χ0) is 14.9. The highest BCUT2D eigenvalue weighted by molar-refractivity contribution is 6.31. The van der Waals surface area contributed by atoms with E-state index in [1.807, 2.05) is 13.8 Å². The third-order valence-electron chi connectivity index (χ3n) is 3.59. The van der Waals surface area contributed by atoms with E-state index >= 15 is 0 Å². The molecule has 0 aliphatic heterocycles. The molecule has 0 saturated carbocycles. The molecule has 1 heterocycles. The summed E-state index contributed by atoms with van der Waals surface area (Å²) in [6, 6.07) is 6.42. The van der Waals surface area contributed by atoms with Crippen LogP contribution in [0.2, 0.25) is 5.02 Å². The highest BCUT2D eigenvalue weighted by Gasteiger charge is 2.20. The van der Waals surface area contributed by atoms with Crippen molar-refractivity contribution in [3.63, 3.8) is 0 Å². The molecule has 1 unspecified atom stereocenters. The summed E-state index contributed by atoms with van der Waals surface area (Å²) in [6.07, 6.45) is 1.49. The van der Waals surface area contributed by atoms with E-state index in [1.54, 1.807) is 10.9 Å². The van der Waals surface area contributed by atoms with Gasteiger partial charge in [0.25, 0.3) is 0 Å². The molecule has 0 saturated heterocycles. The Labute approximate surface area is 125 Å². The summed E-state index contributed by atoms with van der Waals surface area (Å²) >= 11 is 6.16. The van der Waals surface area contributed by atoms with Gasteiger partial charge in [0, 0.05) is 12.5 Å². The van der Waals surface area contributed by atoms with Crippen molar-refractivity contribution in [2.45, 2.75) is 46.3 Å². The first kappa shape index (κ1) is 15.1. The Morgan fingerprint density at radius 2 is 1.95 bits per heavy atom. The minimum Gasteiger partial charge on any atom is -0.386 e. The number of aliphatic hydroxyl groups excluding tert-OH is 1. The molecule has 20 heavy (non-hydrogen) atoms. The maximum absolute atomic E-state index is 10.5. The van der Waals surface area contributed by atoms with Crippen LogP contribution in [-0.4, -0.2) is 14.9 Å². The maximum Gasteiger partial charge on any atom is 0.101 e. The zero-order valence-corrected chi connectivity index (χ0v) is 13.1. The van der Waals surface area contributed by atoms with E-state index in [9.17, 15) is 5.11 Å². The molecule has 1 aromatic carbocycles. The van der Waals surface area contributed by atoms with Gasteiger partial charge >= 0.3 is 0 Å². The van der Waals surface area contributed by atoms with Gasteiger partial charge in [0.05, 0.1) is 16.9 Å². The molecule has 1 N–H and O–H groups in total. The molecule has 3 nitrogen and oxygen atoms in total. The summed E-state index contributed by atoms with van der Waals surface area (Å²) in [4.78, 5) is 0. The second-order valence-electron chi connectivity index (χ2n) is 5.55. The normalized spacial score (nSPS) is 12.9. The van der Waals surface area contributed by atoms with Crippen molar-refractivity contribution in [2.75, 3.05) is 0 Å². The second kappa shape index (κ2) is 5.98. The zero-order valence-electron chi connectivity index (χ0n) is 12.4. The Kier molecular flexibility index (Phi) is 4.51. The van der Waals surface area contributed by atoms with E-state index in [4.69, 9.17) is 11.6 Å². The average Bonchev–Trinajstić information content (AvgIpc) is 2.76. The van der Waals surface area contributed by atoms with Crippen molar-refractivity contribution in [1.29, 1.82) is 0 Å². The topological polar surface area (TPSA) is 38.1 Å².